The number of aromatic carboxylic acids is 1. The van der Waals surface area contributed by atoms with Crippen molar-refractivity contribution >= 4 is 22.7 Å². The number of para-hydroxylation sites is 1. The lowest BCUT2D eigenvalue weighted by molar-refractivity contribution is 0.0697. The van der Waals surface area contributed by atoms with Gasteiger partial charge in [0.2, 0.25) is 0 Å². The van der Waals surface area contributed by atoms with Crippen LogP contribution in [0.3, 0.4) is 0 Å². The van der Waals surface area contributed by atoms with E-state index >= 15 is 0 Å². The summed E-state index contributed by atoms with van der Waals surface area (Å²) in [5, 5.41) is 10.3. The molecule has 1 aromatic heterocycles. The molecule has 1 aliphatic rings. The predicted octanol–water partition coefficient (Wildman–Crippen LogP) is 3.17. The zero-order valence-corrected chi connectivity index (χ0v) is 11.8. The molecule has 1 N–H and O–H groups in total. The summed E-state index contributed by atoms with van der Waals surface area (Å²) in [4.78, 5) is 18.2. The minimum atomic E-state index is -0.914. The normalized spacial score (nSPS) is 17.6. The minimum absolute atomic E-state index is 0.211. The van der Waals surface area contributed by atoms with Crippen molar-refractivity contribution in [1.29, 1.82) is 0 Å². The molecular formula is C16H18N2O2. The molecule has 1 aliphatic heterocycles. The van der Waals surface area contributed by atoms with E-state index in [-0.39, 0.29) is 5.41 Å². The number of hydrogen-bond donors (Lipinski definition) is 1. The summed E-state index contributed by atoms with van der Waals surface area (Å²) in [6.45, 7) is 6.11. The van der Waals surface area contributed by atoms with Gasteiger partial charge >= 0.3 is 5.97 Å². The van der Waals surface area contributed by atoms with Crippen LogP contribution in [0.25, 0.3) is 10.9 Å². The maximum Gasteiger partial charge on any atom is 0.339 e. The molecule has 0 unspecified atom stereocenters. The van der Waals surface area contributed by atoms with Gasteiger partial charge in [-0.1, -0.05) is 32.0 Å². The topological polar surface area (TPSA) is 53.4 Å². The number of rotatable bonds is 2. The lowest BCUT2D eigenvalue weighted by Crippen LogP contribution is -2.25. The van der Waals surface area contributed by atoms with E-state index in [1.54, 1.807) is 6.07 Å². The highest BCUT2D eigenvalue weighted by Crippen LogP contribution is 2.34. The Morgan fingerprint density at radius 2 is 2.10 bits per heavy atom. The Bertz CT molecular complexity index is 679. The molecule has 0 saturated carbocycles. The van der Waals surface area contributed by atoms with E-state index in [9.17, 15) is 9.90 Å². The molecule has 0 bridgehead atoms. The fraction of sp³-hybridized carbons (Fsp3) is 0.375. The molecule has 1 saturated heterocycles. The first-order chi connectivity index (χ1) is 9.46. The van der Waals surface area contributed by atoms with Crippen LogP contribution in [0.5, 0.6) is 0 Å². The van der Waals surface area contributed by atoms with Gasteiger partial charge in [0.05, 0.1) is 5.52 Å². The van der Waals surface area contributed by atoms with Crippen LogP contribution in [-0.2, 0) is 0 Å². The monoisotopic (exact) mass is 270 g/mol. The van der Waals surface area contributed by atoms with Crippen molar-refractivity contribution in [3.05, 3.63) is 35.9 Å². The third-order valence-electron chi connectivity index (χ3n) is 3.91. The van der Waals surface area contributed by atoms with Gasteiger partial charge in [0.25, 0.3) is 0 Å². The average molecular weight is 270 g/mol. The van der Waals surface area contributed by atoms with E-state index in [0.717, 1.165) is 30.4 Å². The van der Waals surface area contributed by atoms with E-state index in [0.29, 0.717) is 11.4 Å². The first kappa shape index (κ1) is 12.9. The third-order valence-corrected chi connectivity index (χ3v) is 3.91. The van der Waals surface area contributed by atoms with E-state index < -0.39 is 5.97 Å². The minimum Gasteiger partial charge on any atom is -0.478 e. The third kappa shape index (κ3) is 2.22. The van der Waals surface area contributed by atoms with E-state index in [2.05, 4.69) is 23.7 Å². The maximum atomic E-state index is 11.5. The number of pyridine rings is 1. The Balaban J connectivity index is 2.13. The number of fused-ring (bicyclic) bond motifs is 1. The maximum absolute atomic E-state index is 11.5. The van der Waals surface area contributed by atoms with Crippen LogP contribution in [0.2, 0.25) is 0 Å². The molecule has 1 aromatic carbocycles. The summed E-state index contributed by atoms with van der Waals surface area (Å²) in [6, 6.07) is 9.37. The smallest absolute Gasteiger partial charge is 0.339 e. The Morgan fingerprint density at radius 1 is 1.35 bits per heavy atom. The Kier molecular flexibility index (Phi) is 2.89. The van der Waals surface area contributed by atoms with Crippen LogP contribution in [0, 0.1) is 5.41 Å². The molecule has 1 fully saturated rings. The quantitative estimate of drug-likeness (QED) is 0.910. The SMILES string of the molecule is CC1(C)CCN(c2nc3ccccc3cc2C(=O)O)C1. The lowest BCUT2D eigenvalue weighted by atomic mass is 9.93. The number of carbonyl (C=O) groups is 1. The average Bonchev–Trinajstić information content (AvgIpc) is 2.77. The zero-order valence-electron chi connectivity index (χ0n) is 11.8. The van der Waals surface area contributed by atoms with E-state index in [1.165, 1.54) is 0 Å². The zero-order chi connectivity index (χ0) is 14.3. The van der Waals surface area contributed by atoms with Gasteiger partial charge in [0, 0.05) is 18.5 Å². The summed E-state index contributed by atoms with van der Waals surface area (Å²) in [6.07, 6.45) is 1.06. The predicted molar refractivity (Wildman–Crippen MR) is 79.3 cm³/mol. The van der Waals surface area contributed by atoms with Crippen LogP contribution in [0.4, 0.5) is 5.82 Å². The van der Waals surface area contributed by atoms with E-state index in [1.807, 2.05) is 24.3 Å². The second-order valence-corrected chi connectivity index (χ2v) is 6.19. The summed E-state index contributed by atoms with van der Waals surface area (Å²) in [5.74, 6) is -0.315. The van der Waals surface area contributed by atoms with Crippen molar-refractivity contribution in [2.75, 3.05) is 18.0 Å². The Hall–Kier alpha value is -2.10. The van der Waals surface area contributed by atoms with Gasteiger partial charge in [-0.3, -0.25) is 0 Å². The van der Waals surface area contributed by atoms with Gasteiger partial charge in [0.1, 0.15) is 11.4 Å². The number of hydrogen-bond acceptors (Lipinski definition) is 3. The summed E-state index contributed by atoms with van der Waals surface area (Å²) >= 11 is 0. The number of benzene rings is 1. The fourth-order valence-corrected chi connectivity index (χ4v) is 2.80. The van der Waals surface area contributed by atoms with Crippen LogP contribution in [-0.4, -0.2) is 29.1 Å². The number of carboxylic acid groups (broad SMARTS) is 1. The van der Waals surface area contributed by atoms with Crippen LogP contribution in [0.15, 0.2) is 30.3 Å². The molecule has 0 spiro atoms. The molecule has 0 amide bonds. The van der Waals surface area contributed by atoms with Crippen molar-refractivity contribution in [3.8, 4) is 0 Å². The fourth-order valence-electron chi connectivity index (χ4n) is 2.80. The lowest BCUT2D eigenvalue weighted by Gasteiger charge is -2.22. The molecule has 0 radical (unpaired) electrons. The van der Waals surface area contributed by atoms with Gasteiger partial charge in [-0.05, 0) is 24.0 Å². The van der Waals surface area contributed by atoms with Gasteiger partial charge < -0.3 is 10.0 Å². The molecule has 20 heavy (non-hydrogen) atoms. The summed E-state index contributed by atoms with van der Waals surface area (Å²) in [5.41, 5.74) is 1.35. The first-order valence-electron chi connectivity index (χ1n) is 6.84. The molecule has 4 heteroatoms. The van der Waals surface area contributed by atoms with Crippen molar-refractivity contribution in [3.63, 3.8) is 0 Å². The van der Waals surface area contributed by atoms with Crippen molar-refractivity contribution in [1.82, 2.24) is 4.98 Å². The van der Waals surface area contributed by atoms with Crippen LogP contribution >= 0.6 is 0 Å². The molecule has 2 aromatic rings. The summed E-state index contributed by atoms with van der Waals surface area (Å²) < 4.78 is 0. The Morgan fingerprint density at radius 3 is 2.75 bits per heavy atom. The largest absolute Gasteiger partial charge is 0.478 e. The standard InChI is InChI=1S/C16H18N2O2/c1-16(2)7-8-18(10-16)14-12(15(19)20)9-11-5-3-4-6-13(11)17-14/h3-6,9H,7-8,10H2,1-2H3,(H,19,20). The highest BCUT2D eigenvalue weighted by atomic mass is 16.4. The molecule has 104 valence electrons. The van der Waals surface area contributed by atoms with Gasteiger partial charge in [-0.25, -0.2) is 9.78 Å². The molecular weight excluding hydrogens is 252 g/mol. The Labute approximate surface area is 118 Å². The van der Waals surface area contributed by atoms with Crippen LogP contribution < -0.4 is 4.90 Å². The molecule has 3 rings (SSSR count). The highest BCUT2D eigenvalue weighted by Gasteiger charge is 2.32. The number of aromatic nitrogens is 1. The van der Waals surface area contributed by atoms with Crippen molar-refractivity contribution < 1.29 is 9.90 Å². The van der Waals surface area contributed by atoms with Crippen LogP contribution in [0.1, 0.15) is 30.6 Å². The first-order valence-corrected chi connectivity index (χ1v) is 6.84. The molecule has 4 nitrogen and oxygen atoms in total. The van der Waals surface area contributed by atoms with Gasteiger partial charge in [-0.2, -0.15) is 0 Å². The highest BCUT2D eigenvalue weighted by molar-refractivity contribution is 5.98. The molecule has 2 heterocycles. The summed E-state index contributed by atoms with van der Waals surface area (Å²) in [7, 11) is 0. The number of anilines is 1. The number of nitrogens with zero attached hydrogens (tertiary/aromatic N) is 2. The molecule has 0 aliphatic carbocycles. The van der Waals surface area contributed by atoms with E-state index in [4.69, 9.17) is 0 Å². The van der Waals surface area contributed by atoms with Gasteiger partial charge in [0.15, 0.2) is 0 Å². The second-order valence-electron chi connectivity index (χ2n) is 6.19. The van der Waals surface area contributed by atoms with Crippen molar-refractivity contribution in [2.45, 2.75) is 20.3 Å². The number of carboxylic acids is 1. The van der Waals surface area contributed by atoms with Gasteiger partial charge in [-0.15, -0.1) is 0 Å². The van der Waals surface area contributed by atoms with Crippen molar-refractivity contribution in [2.24, 2.45) is 5.41 Å². The molecule has 0 atom stereocenters. The second kappa shape index (κ2) is 4.47.